The second kappa shape index (κ2) is 9.41. The molecule has 0 radical (unpaired) electrons. The van der Waals surface area contributed by atoms with Crippen LogP contribution in [0.25, 0.3) is 10.9 Å². The van der Waals surface area contributed by atoms with Crippen molar-refractivity contribution in [3.63, 3.8) is 0 Å². The molecule has 0 aliphatic heterocycles. The molecule has 2 saturated carbocycles. The summed E-state index contributed by atoms with van der Waals surface area (Å²) in [5, 5.41) is 13.2. The monoisotopic (exact) mass is 416 g/mol. The number of benzene rings is 1. The maximum absolute atomic E-state index is 11.2. The number of hydrogen-bond acceptors (Lipinski definition) is 2. The molecule has 1 aromatic heterocycles. The lowest BCUT2D eigenvalue weighted by Crippen LogP contribution is -2.49. The molecule has 4 rings (SSSR count). The molecule has 1 atom stereocenters. The number of fused-ring (bicyclic) bond motifs is 1. The van der Waals surface area contributed by atoms with Crippen LogP contribution in [-0.2, 0) is 6.54 Å². The molecule has 1 aromatic carbocycles. The lowest BCUT2D eigenvalue weighted by Gasteiger charge is -2.42. The minimum Gasteiger partial charge on any atom is -0.390 e. The zero-order valence-electron chi connectivity index (χ0n) is 18.2. The molecule has 0 amide bonds. The topological polar surface area (TPSA) is 28.4 Å². The van der Waals surface area contributed by atoms with E-state index in [2.05, 4.69) is 29.4 Å². The normalized spacial score (nSPS) is 20.6. The third-order valence-corrected chi connectivity index (χ3v) is 7.82. The first kappa shape index (κ1) is 21.2. The van der Waals surface area contributed by atoms with Crippen molar-refractivity contribution < 1.29 is 5.11 Å². The molecule has 0 saturated heterocycles. The molecule has 1 N–H and O–H groups in total. The minimum absolute atomic E-state index is 0.371. The fourth-order valence-corrected chi connectivity index (χ4v) is 6.10. The molecule has 2 aliphatic carbocycles. The number of para-hydroxylation sites is 1. The first-order valence-corrected chi connectivity index (χ1v) is 12.1. The highest BCUT2D eigenvalue weighted by Crippen LogP contribution is 2.33. The van der Waals surface area contributed by atoms with Gasteiger partial charge in [0.25, 0.3) is 0 Å². The van der Waals surface area contributed by atoms with E-state index in [0.717, 1.165) is 17.1 Å². The molecule has 2 aromatic rings. The van der Waals surface area contributed by atoms with Gasteiger partial charge in [-0.3, -0.25) is 4.90 Å². The van der Waals surface area contributed by atoms with Crippen molar-refractivity contribution in [1.29, 1.82) is 0 Å². The van der Waals surface area contributed by atoms with Gasteiger partial charge in [0, 0.05) is 29.7 Å². The Bertz CT molecular complexity index is 800. The summed E-state index contributed by atoms with van der Waals surface area (Å²) in [4.78, 5) is 2.71. The van der Waals surface area contributed by atoms with Crippen LogP contribution >= 0.6 is 11.6 Å². The molecule has 0 spiro atoms. The molecule has 1 heterocycles. The van der Waals surface area contributed by atoms with Crippen LogP contribution in [0.2, 0.25) is 5.02 Å². The predicted molar refractivity (Wildman–Crippen MR) is 123 cm³/mol. The Balaban J connectivity index is 1.54. The zero-order chi connectivity index (χ0) is 20.4. The summed E-state index contributed by atoms with van der Waals surface area (Å²) in [5.41, 5.74) is 3.56. The van der Waals surface area contributed by atoms with Gasteiger partial charge in [-0.05, 0) is 51.2 Å². The summed E-state index contributed by atoms with van der Waals surface area (Å²) in [6, 6.07) is 7.44. The van der Waals surface area contributed by atoms with Gasteiger partial charge >= 0.3 is 0 Å². The Kier molecular flexibility index (Phi) is 6.88. The van der Waals surface area contributed by atoms with E-state index >= 15 is 0 Å². The molecular weight excluding hydrogens is 380 g/mol. The molecule has 4 heteroatoms. The van der Waals surface area contributed by atoms with Crippen molar-refractivity contribution in [2.24, 2.45) is 0 Å². The number of rotatable bonds is 6. The van der Waals surface area contributed by atoms with Crippen LogP contribution in [-0.4, -0.2) is 39.3 Å². The fourth-order valence-electron chi connectivity index (χ4n) is 5.82. The largest absolute Gasteiger partial charge is 0.390 e. The van der Waals surface area contributed by atoms with E-state index in [1.165, 1.54) is 80.9 Å². The van der Waals surface area contributed by atoms with Crippen molar-refractivity contribution >= 4 is 22.5 Å². The highest BCUT2D eigenvalue weighted by atomic mass is 35.5. The van der Waals surface area contributed by atoms with Gasteiger partial charge in [0.2, 0.25) is 0 Å². The van der Waals surface area contributed by atoms with Gasteiger partial charge in [0.15, 0.2) is 0 Å². The number of aromatic nitrogens is 1. The Morgan fingerprint density at radius 3 is 2.17 bits per heavy atom. The van der Waals surface area contributed by atoms with E-state index in [0.29, 0.717) is 18.6 Å². The molecule has 1 unspecified atom stereocenters. The van der Waals surface area contributed by atoms with Gasteiger partial charge in [0.1, 0.15) is 0 Å². The highest BCUT2D eigenvalue weighted by Gasteiger charge is 2.30. The first-order valence-electron chi connectivity index (χ1n) is 11.7. The van der Waals surface area contributed by atoms with E-state index < -0.39 is 0 Å². The van der Waals surface area contributed by atoms with Crippen LogP contribution in [0, 0.1) is 13.8 Å². The van der Waals surface area contributed by atoms with Crippen LogP contribution in [0.5, 0.6) is 0 Å². The summed E-state index contributed by atoms with van der Waals surface area (Å²) in [6.45, 7) is 5.72. The summed E-state index contributed by atoms with van der Waals surface area (Å²) < 4.78 is 2.25. The lowest BCUT2D eigenvalue weighted by molar-refractivity contribution is 0.0236. The Morgan fingerprint density at radius 1 is 1.00 bits per heavy atom. The van der Waals surface area contributed by atoms with Crippen LogP contribution < -0.4 is 0 Å². The van der Waals surface area contributed by atoms with Crippen molar-refractivity contribution in [3.05, 3.63) is 34.5 Å². The van der Waals surface area contributed by atoms with E-state index in [1.807, 2.05) is 12.1 Å². The van der Waals surface area contributed by atoms with E-state index in [-0.39, 0.29) is 6.10 Å². The third-order valence-electron chi connectivity index (χ3n) is 7.51. The predicted octanol–water partition coefficient (Wildman–Crippen LogP) is 6.24. The number of hydrogen-bond donors (Lipinski definition) is 1. The Morgan fingerprint density at radius 2 is 1.59 bits per heavy atom. The highest BCUT2D eigenvalue weighted by molar-refractivity contribution is 6.35. The summed E-state index contributed by atoms with van der Waals surface area (Å²) in [7, 11) is 0. The quantitative estimate of drug-likeness (QED) is 0.603. The number of nitrogens with zero attached hydrogens (tertiary/aromatic N) is 2. The summed E-state index contributed by atoms with van der Waals surface area (Å²) in [5.74, 6) is 0. The van der Waals surface area contributed by atoms with E-state index in [1.54, 1.807) is 0 Å². The first-order chi connectivity index (χ1) is 14.1. The van der Waals surface area contributed by atoms with Gasteiger partial charge in [-0.25, -0.2) is 0 Å². The van der Waals surface area contributed by atoms with Crippen LogP contribution in [0.4, 0.5) is 0 Å². The molecule has 3 nitrogen and oxygen atoms in total. The molecule has 0 bridgehead atoms. The van der Waals surface area contributed by atoms with Crippen LogP contribution in [0.1, 0.15) is 75.5 Å². The van der Waals surface area contributed by atoms with Gasteiger partial charge in [-0.1, -0.05) is 62.3 Å². The lowest BCUT2D eigenvalue weighted by atomic mass is 9.88. The molecule has 2 aliphatic rings. The SMILES string of the molecule is Cc1c(C)n(CC(O)CN(C2CCCCC2)C2CCCCC2)c2c(Cl)cccc12. The van der Waals surface area contributed by atoms with Gasteiger partial charge in [-0.15, -0.1) is 0 Å². The van der Waals surface area contributed by atoms with Crippen LogP contribution in [0.15, 0.2) is 18.2 Å². The third kappa shape index (κ3) is 4.52. The van der Waals surface area contributed by atoms with E-state index in [4.69, 9.17) is 11.6 Å². The van der Waals surface area contributed by atoms with Crippen molar-refractivity contribution in [1.82, 2.24) is 9.47 Å². The molecule has 160 valence electrons. The van der Waals surface area contributed by atoms with Crippen molar-refractivity contribution in [2.75, 3.05) is 6.54 Å². The standard InChI is InChI=1S/C25H37ClN2O/c1-18-19(2)27(25-23(18)14-9-15-24(25)26)16-22(29)17-28(20-10-5-3-6-11-20)21-12-7-4-8-13-21/h9,14-15,20-22,29H,3-8,10-13,16-17H2,1-2H3. The minimum atomic E-state index is -0.371. The number of halogens is 1. The Hall–Kier alpha value is -1.03. The average molecular weight is 417 g/mol. The van der Waals surface area contributed by atoms with Crippen molar-refractivity contribution in [3.8, 4) is 0 Å². The summed E-state index contributed by atoms with van der Waals surface area (Å²) in [6.07, 6.45) is 13.0. The van der Waals surface area contributed by atoms with Gasteiger partial charge in [0.05, 0.1) is 23.2 Å². The van der Waals surface area contributed by atoms with E-state index in [9.17, 15) is 5.11 Å². The van der Waals surface area contributed by atoms with Crippen LogP contribution in [0.3, 0.4) is 0 Å². The summed E-state index contributed by atoms with van der Waals surface area (Å²) >= 11 is 6.57. The second-order valence-corrected chi connectivity index (χ2v) is 9.80. The van der Waals surface area contributed by atoms with Crippen molar-refractivity contribution in [2.45, 2.75) is 103 Å². The number of aliphatic hydroxyl groups excluding tert-OH is 1. The molecular formula is C25H37ClN2O. The second-order valence-electron chi connectivity index (χ2n) is 9.39. The molecule has 29 heavy (non-hydrogen) atoms. The van der Waals surface area contributed by atoms with Gasteiger partial charge < -0.3 is 9.67 Å². The smallest absolute Gasteiger partial charge is 0.0846 e. The average Bonchev–Trinajstić information content (AvgIpc) is 2.99. The van der Waals surface area contributed by atoms with Gasteiger partial charge in [-0.2, -0.15) is 0 Å². The Labute approximate surface area is 181 Å². The number of aryl methyl sites for hydroxylation is 1. The number of aliphatic hydroxyl groups is 1. The fraction of sp³-hybridized carbons (Fsp3) is 0.680. The zero-order valence-corrected chi connectivity index (χ0v) is 18.9. The maximum atomic E-state index is 11.2. The molecule has 2 fully saturated rings. The maximum Gasteiger partial charge on any atom is 0.0846 e.